The van der Waals surface area contributed by atoms with Crippen LogP contribution in [0.25, 0.3) is 0 Å². The van der Waals surface area contributed by atoms with Crippen LogP contribution >= 0.6 is 15.9 Å². The molecule has 1 aromatic rings. The van der Waals surface area contributed by atoms with Crippen LogP contribution in [0.15, 0.2) is 16.9 Å². The maximum Gasteiger partial charge on any atom is 0.237 e. The number of nitrogens with two attached hydrogens (primary N) is 2. The fourth-order valence-electron chi connectivity index (χ4n) is 1.49. The molecule has 5 nitrogen and oxygen atoms in total. The fourth-order valence-corrected chi connectivity index (χ4v) is 1.82. The standard InChI is InChI=1S/C10H17BrN4O/c1-2-10(13,9(12)16)4-3-5-15-7-8(11)6-14-15/h6-7H,2-5,13H2,1H3,(H2,12,16). The summed E-state index contributed by atoms with van der Waals surface area (Å²) in [4.78, 5) is 11.2. The van der Waals surface area contributed by atoms with Crippen LogP contribution in [0.5, 0.6) is 0 Å². The minimum atomic E-state index is -0.885. The van der Waals surface area contributed by atoms with Gasteiger partial charge in [0.15, 0.2) is 0 Å². The molecule has 1 heterocycles. The van der Waals surface area contributed by atoms with E-state index in [9.17, 15) is 4.79 Å². The molecule has 0 bridgehead atoms. The van der Waals surface area contributed by atoms with Crippen molar-refractivity contribution in [2.75, 3.05) is 0 Å². The maximum absolute atomic E-state index is 11.2. The predicted molar refractivity (Wildman–Crippen MR) is 65.6 cm³/mol. The Bertz CT molecular complexity index is 365. The van der Waals surface area contributed by atoms with E-state index in [4.69, 9.17) is 11.5 Å². The van der Waals surface area contributed by atoms with Crippen LogP contribution < -0.4 is 11.5 Å². The summed E-state index contributed by atoms with van der Waals surface area (Å²) in [6.45, 7) is 2.60. The first-order chi connectivity index (χ1) is 7.48. The van der Waals surface area contributed by atoms with Gasteiger partial charge >= 0.3 is 0 Å². The summed E-state index contributed by atoms with van der Waals surface area (Å²) in [5.74, 6) is -0.434. The van der Waals surface area contributed by atoms with Crippen molar-refractivity contribution in [2.24, 2.45) is 11.5 Å². The van der Waals surface area contributed by atoms with Crippen molar-refractivity contribution in [3.8, 4) is 0 Å². The van der Waals surface area contributed by atoms with Crippen LogP contribution in [0.4, 0.5) is 0 Å². The molecule has 1 unspecified atom stereocenters. The second kappa shape index (κ2) is 5.45. The predicted octanol–water partition coefficient (Wildman–Crippen LogP) is 1.02. The molecule has 0 aliphatic carbocycles. The zero-order valence-electron chi connectivity index (χ0n) is 9.32. The summed E-state index contributed by atoms with van der Waals surface area (Å²) >= 11 is 3.32. The quantitative estimate of drug-likeness (QED) is 0.819. The number of nitrogens with zero attached hydrogens (tertiary/aromatic N) is 2. The van der Waals surface area contributed by atoms with Crippen LogP contribution in [-0.2, 0) is 11.3 Å². The van der Waals surface area contributed by atoms with Crippen molar-refractivity contribution in [1.82, 2.24) is 9.78 Å². The van der Waals surface area contributed by atoms with Crippen LogP contribution in [0.3, 0.4) is 0 Å². The van der Waals surface area contributed by atoms with Gasteiger partial charge in [-0.25, -0.2) is 0 Å². The number of rotatable bonds is 6. The zero-order valence-corrected chi connectivity index (χ0v) is 10.9. The number of aryl methyl sites for hydroxylation is 1. The third-order valence-corrected chi connectivity index (χ3v) is 3.14. The van der Waals surface area contributed by atoms with Crippen molar-refractivity contribution in [2.45, 2.75) is 38.3 Å². The Morgan fingerprint density at radius 2 is 2.38 bits per heavy atom. The highest BCUT2D eigenvalue weighted by atomic mass is 79.9. The van der Waals surface area contributed by atoms with E-state index in [-0.39, 0.29) is 0 Å². The van der Waals surface area contributed by atoms with Gasteiger partial charge in [0.25, 0.3) is 0 Å². The second-order valence-corrected chi connectivity index (χ2v) is 4.81. The number of hydrogen-bond acceptors (Lipinski definition) is 3. The summed E-state index contributed by atoms with van der Waals surface area (Å²) in [5.41, 5.74) is 10.3. The van der Waals surface area contributed by atoms with Gasteiger partial charge in [0.05, 0.1) is 16.2 Å². The van der Waals surface area contributed by atoms with Crippen LogP contribution in [0.1, 0.15) is 26.2 Å². The lowest BCUT2D eigenvalue weighted by Crippen LogP contribution is -2.51. The first kappa shape index (κ1) is 13.2. The molecule has 0 saturated heterocycles. The molecule has 16 heavy (non-hydrogen) atoms. The minimum absolute atomic E-state index is 0.434. The second-order valence-electron chi connectivity index (χ2n) is 3.90. The average Bonchev–Trinajstić information content (AvgIpc) is 2.63. The molecule has 0 aliphatic rings. The number of primary amides is 1. The van der Waals surface area contributed by atoms with E-state index < -0.39 is 11.4 Å². The highest BCUT2D eigenvalue weighted by molar-refractivity contribution is 9.10. The van der Waals surface area contributed by atoms with Gasteiger partial charge in [0, 0.05) is 12.7 Å². The number of amides is 1. The molecule has 0 spiro atoms. The van der Waals surface area contributed by atoms with Gasteiger partial charge in [-0.05, 0) is 35.2 Å². The molecule has 0 fully saturated rings. The van der Waals surface area contributed by atoms with E-state index >= 15 is 0 Å². The summed E-state index contributed by atoms with van der Waals surface area (Å²) in [6, 6.07) is 0. The molecule has 0 aromatic carbocycles. The monoisotopic (exact) mass is 288 g/mol. The maximum atomic E-state index is 11.2. The topological polar surface area (TPSA) is 86.9 Å². The van der Waals surface area contributed by atoms with Crippen molar-refractivity contribution in [3.63, 3.8) is 0 Å². The highest BCUT2D eigenvalue weighted by Crippen LogP contribution is 2.15. The lowest BCUT2D eigenvalue weighted by atomic mass is 9.91. The summed E-state index contributed by atoms with van der Waals surface area (Å²) in [6.07, 6.45) is 5.53. The molecule has 0 saturated carbocycles. The first-order valence-corrected chi connectivity index (χ1v) is 6.04. The third-order valence-electron chi connectivity index (χ3n) is 2.73. The first-order valence-electron chi connectivity index (χ1n) is 5.24. The Labute approximate surface area is 103 Å². The van der Waals surface area contributed by atoms with Gasteiger partial charge in [0.1, 0.15) is 0 Å². The lowest BCUT2D eigenvalue weighted by Gasteiger charge is -2.23. The average molecular weight is 289 g/mol. The van der Waals surface area contributed by atoms with E-state index in [1.807, 2.05) is 13.1 Å². The van der Waals surface area contributed by atoms with Gasteiger partial charge < -0.3 is 11.5 Å². The molecule has 1 rings (SSSR count). The van der Waals surface area contributed by atoms with Crippen molar-refractivity contribution in [3.05, 3.63) is 16.9 Å². The summed E-state index contributed by atoms with van der Waals surface area (Å²) in [7, 11) is 0. The molecule has 6 heteroatoms. The zero-order chi connectivity index (χ0) is 12.2. The van der Waals surface area contributed by atoms with E-state index in [1.54, 1.807) is 10.9 Å². The molecule has 1 atom stereocenters. The van der Waals surface area contributed by atoms with Crippen LogP contribution in [-0.4, -0.2) is 21.2 Å². The molecule has 1 amide bonds. The molecular weight excluding hydrogens is 272 g/mol. The number of hydrogen-bond donors (Lipinski definition) is 2. The molecule has 0 radical (unpaired) electrons. The van der Waals surface area contributed by atoms with Gasteiger partial charge in [-0.1, -0.05) is 6.92 Å². The lowest BCUT2D eigenvalue weighted by molar-refractivity contribution is -0.123. The van der Waals surface area contributed by atoms with Crippen molar-refractivity contribution in [1.29, 1.82) is 0 Å². The number of carbonyl (C=O) groups excluding carboxylic acids is 1. The van der Waals surface area contributed by atoms with Gasteiger partial charge in [0.2, 0.25) is 5.91 Å². The molecular formula is C10H17BrN4O. The largest absolute Gasteiger partial charge is 0.368 e. The van der Waals surface area contributed by atoms with Crippen LogP contribution in [0, 0.1) is 0 Å². The Morgan fingerprint density at radius 3 is 2.81 bits per heavy atom. The number of carbonyl (C=O) groups is 1. The van der Waals surface area contributed by atoms with Crippen molar-refractivity contribution >= 4 is 21.8 Å². The van der Waals surface area contributed by atoms with E-state index in [0.29, 0.717) is 12.8 Å². The summed E-state index contributed by atoms with van der Waals surface area (Å²) < 4.78 is 2.75. The van der Waals surface area contributed by atoms with Gasteiger partial charge in [-0.3, -0.25) is 9.48 Å². The Morgan fingerprint density at radius 1 is 1.69 bits per heavy atom. The Kier molecular flexibility index (Phi) is 4.49. The van der Waals surface area contributed by atoms with E-state index in [1.165, 1.54) is 0 Å². The molecule has 90 valence electrons. The van der Waals surface area contributed by atoms with E-state index in [2.05, 4.69) is 21.0 Å². The molecule has 1 aromatic heterocycles. The highest BCUT2D eigenvalue weighted by Gasteiger charge is 2.28. The number of aromatic nitrogens is 2. The SMILES string of the molecule is CCC(N)(CCCn1cc(Br)cn1)C(N)=O. The van der Waals surface area contributed by atoms with Gasteiger partial charge in [-0.2, -0.15) is 5.10 Å². The van der Waals surface area contributed by atoms with Crippen molar-refractivity contribution < 1.29 is 4.79 Å². The van der Waals surface area contributed by atoms with Gasteiger partial charge in [-0.15, -0.1) is 0 Å². The van der Waals surface area contributed by atoms with E-state index in [0.717, 1.165) is 17.4 Å². The Balaban J connectivity index is 2.43. The Hall–Kier alpha value is -0.880. The fraction of sp³-hybridized carbons (Fsp3) is 0.600. The van der Waals surface area contributed by atoms with Crippen LogP contribution in [0.2, 0.25) is 0 Å². The smallest absolute Gasteiger partial charge is 0.237 e. The summed E-state index contributed by atoms with van der Waals surface area (Å²) in [5, 5.41) is 4.12. The number of halogens is 1. The molecule has 4 N–H and O–H groups in total. The minimum Gasteiger partial charge on any atom is -0.368 e. The molecule has 0 aliphatic heterocycles. The normalized spacial score (nSPS) is 14.7. The third kappa shape index (κ3) is 3.31.